The van der Waals surface area contributed by atoms with Gasteiger partial charge in [-0.25, -0.2) is 4.98 Å². The van der Waals surface area contributed by atoms with Crippen LogP contribution in [0, 0.1) is 13.8 Å². The maximum Gasteiger partial charge on any atom is 0.276 e. The molecule has 0 atom stereocenters. The molecule has 6 nitrogen and oxygen atoms in total. The molecule has 0 aliphatic heterocycles. The highest BCUT2D eigenvalue weighted by molar-refractivity contribution is 7.99. The Morgan fingerprint density at radius 2 is 2.00 bits per heavy atom. The zero-order valence-electron chi connectivity index (χ0n) is 17.3. The monoisotopic (exact) mass is 451 g/mol. The van der Waals surface area contributed by atoms with E-state index in [0.717, 1.165) is 16.8 Å². The number of carbonyl (C=O) groups excluding carboxylic acids is 1. The van der Waals surface area contributed by atoms with Crippen LogP contribution < -0.4 is 15.6 Å². The second kappa shape index (κ2) is 8.95. The van der Waals surface area contributed by atoms with Crippen LogP contribution in [0.4, 0.5) is 5.69 Å². The number of ether oxygens (including phenoxy) is 1. The molecule has 2 heterocycles. The number of hydrogen-bond donors (Lipinski definition) is 1. The number of fused-ring (bicyclic) bond motifs is 1. The van der Waals surface area contributed by atoms with E-state index in [9.17, 15) is 9.59 Å². The van der Waals surface area contributed by atoms with E-state index in [-0.39, 0.29) is 17.2 Å². The maximum absolute atomic E-state index is 13.3. The van der Waals surface area contributed by atoms with Crippen LogP contribution in [0.2, 0.25) is 0 Å². The molecule has 0 bridgehead atoms. The van der Waals surface area contributed by atoms with Crippen molar-refractivity contribution in [1.82, 2.24) is 9.55 Å². The van der Waals surface area contributed by atoms with Crippen molar-refractivity contribution in [3.8, 4) is 11.4 Å². The zero-order valence-corrected chi connectivity index (χ0v) is 19.0. The largest absolute Gasteiger partial charge is 0.495 e. The summed E-state index contributed by atoms with van der Waals surface area (Å²) in [5, 5.41) is 5.22. The van der Waals surface area contributed by atoms with Crippen LogP contribution in [0.5, 0.6) is 5.75 Å². The van der Waals surface area contributed by atoms with Crippen molar-refractivity contribution >= 4 is 44.9 Å². The lowest BCUT2D eigenvalue weighted by Crippen LogP contribution is -2.22. The van der Waals surface area contributed by atoms with Crippen LogP contribution in [0.1, 0.15) is 11.1 Å². The fourth-order valence-electron chi connectivity index (χ4n) is 3.29. The molecule has 4 aromatic rings. The Morgan fingerprint density at radius 3 is 2.77 bits per heavy atom. The number of para-hydroxylation sites is 2. The second-order valence-electron chi connectivity index (χ2n) is 7.00. The molecule has 0 aliphatic rings. The van der Waals surface area contributed by atoms with Crippen molar-refractivity contribution in [3.63, 3.8) is 0 Å². The summed E-state index contributed by atoms with van der Waals surface area (Å²) in [7, 11) is 1.56. The first-order valence-corrected chi connectivity index (χ1v) is 11.5. The highest BCUT2D eigenvalue weighted by Crippen LogP contribution is 2.28. The lowest BCUT2D eigenvalue weighted by molar-refractivity contribution is -0.113. The van der Waals surface area contributed by atoms with Gasteiger partial charge >= 0.3 is 0 Å². The molecule has 0 saturated heterocycles. The number of amides is 1. The summed E-state index contributed by atoms with van der Waals surface area (Å²) < 4.78 is 7.54. The van der Waals surface area contributed by atoms with Gasteiger partial charge in [-0.3, -0.25) is 14.2 Å². The first kappa shape index (κ1) is 21.1. The highest BCUT2D eigenvalue weighted by Gasteiger charge is 2.18. The molecule has 158 valence electrons. The van der Waals surface area contributed by atoms with E-state index >= 15 is 0 Å². The predicted octanol–water partition coefficient (Wildman–Crippen LogP) is 4.80. The summed E-state index contributed by atoms with van der Waals surface area (Å²) in [5.74, 6) is 0.511. The number of aryl methyl sites for hydroxylation is 2. The van der Waals surface area contributed by atoms with Crippen LogP contribution in [-0.4, -0.2) is 28.3 Å². The van der Waals surface area contributed by atoms with E-state index in [1.807, 2.05) is 55.6 Å². The Bertz CT molecular complexity index is 1330. The summed E-state index contributed by atoms with van der Waals surface area (Å²) in [6, 6.07) is 15.0. The summed E-state index contributed by atoms with van der Waals surface area (Å²) in [4.78, 5) is 30.5. The molecular weight excluding hydrogens is 430 g/mol. The number of methoxy groups -OCH3 is 1. The van der Waals surface area contributed by atoms with Crippen LogP contribution in [-0.2, 0) is 4.79 Å². The van der Waals surface area contributed by atoms with E-state index in [4.69, 9.17) is 4.74 Å². The fourth-order valence-corrected chi connectivity index (χ4v) is 4.85. The quantitative estimate of drug-likeness (QED) is 0.337. The van der Waals surface area contributed by atoms with Gasteiger partial charge in [-0.2, -0.15) is 0 Å². The second-order valence-corrected chi connectivity index (χ2v) is 8.86. The molecule has 0 fully saturated rings. The Balaban J connectivity index is 1.67. The molecule has 4 rings (SSSR count). The highest BCUT2D eigenvalue weighted by atomic mass is 32.2. The lowest BCUT2D eigenvalue weighted by Gasteiger charge is -2.15. The molecule has 0 saturated carbocycles. The number of nitrogens with one attached hydrogen (secondary N) is 1. The van der Waals surface area contributed by atoms with Crippen LogP contribution in [0.15, 0.2) is 63.9 Å². The zero-order chi connectivity index (χ0) is 22.0. The van der Waals surface area contributed by atoms with Crippen LogP contribution in [0.3, 0.4) is 0 Å². The minimum atomic E-state index is -0.179. The fraction of sp³-hybridized carbons (Fsp3) is 0.174. The van der Waals surface area contributed by atoms with E-state index in [1.165, 1.54) is 27.7 Å². The van der Waals surface area contributed by atoms with Crippen LogP contribution in [0.25, 0.3) is 15.9 Å². The van der Waals surface area contributed by atoms with Crippen molar-refractivity contribution in [3.05, 3.63) is 75.4 Å². The maximum atomic E-state index is 13.3. The van der Waals surface area contributed by atoms with Crippen molar-refractivity contribution in [2.75, 3.05) is 18.2 Å². The number of nitrogens with zero attached hydrogens (tertiary/aromatic N) is 2. The Hall–Kier alpha value is -3.10. The van der Waals surface area contributed by atoms with Gasteiger partial charge in [0.1, 0.15) is 10.4 Å². The average Bonchev–Trinajstić information content (AvgIpc) is 3.23. The summed E-state index contributed by atoms with van der Waals surface area (Å²) in [6.45, 7) is 3.97. The molecule has 1 N–H and O–H groups in total. The Morgan fingerprint density at radius 1 is 1.19 bits per heavy atom. The molecule has 8 heteroatoms. The minimum Gasteiger partial charge on any atom is -0.495 e. The van der Waals surface area contributed by atoms with Gasteiger partial charge < -0.3 is 10.1 Å². The number of anilines is 1. The number of rotatable bonds is 6. The van der Waals surface area contributed by atoms with Gasteiger partial charge in [-0.15, -0.1) is 11.3 Å². The van der Waals surface area contributed by atoms with Gasteiger partial charge in [0.15, 0.2) is 5.16 Å². The summed E-state index contributed by atoms with van der Waals surface area (Å²) in [5.41, 5.74) is 3.95. The molecular formula is C23H21N3O3S2. The molecule has 2 aromatic heterocycles. The number of thiophene rings is 1. The number of hydrogen-bond acceptors (Lipinski definition) is 6. The van der Waals surface area contributed by atoms with Crippen molar-refractivity contribution < 1.29 is 9.53 Å². The Labute approximate surface area is 187 Å². The molecule has 0 aliphatic carbocycles. The smallest absolute Gasteiger partial charge is 0.276 e. The van der Waals surface area contributed by atoms with E-state index in [1.54, 1.807) is 19.2 Å². The number of aromatic nitrogens is 2. The molecule has 31 heavy (non-hydrogen) atoms. The number of benzene rings is 2. The van der Waals surface area contributed by atoms with Gasteiger partial charge in [0.05, 0.1) is 24.1 Å². The molecule has 0 spiro atoms. The van der Waals surface area contributed by atoms with Gasteiger partial charge in [0.25, 0.3) is 5.56 Å². The van der Waals surface area contributed by atoms with Gasteiger partial charge in [0, 0.05) is 5.69 Å². The molecule has 0 unspecified atom stereocenters. The van der Waals surface area contributed by atoms with Crippen molar-refractivity contribution in [2.24, 2.45) is 0 Å². The van der Waals surface area contributed by atoms with E-state index in [2.05, 4.69) is 10.3 Å². The van der Waals surface area contributed by atoms with Crippen molar-refractivity contribution in [1.29, 1.82) is 0 Å². The Kier molecular flexibility index (Phi) is 6.11. The van der Waals surface area contributed by atoms with E-state index in [0.29, 0.717) is 26.8 Å². The molecule has 0 radical (unpaired) electrons. The SMILES string of the molecule is COc1ccccc1-n1c(SCC(=O)Nc2ccc(C)cc2C)nc2ccsc2c1=O. The standard InChI is InChI=1S/C23H21N3O3S2/c1-14-8-9-16(15(2)12-14)24-20(27)13-31-23-25-17-10-11-30-21(17)22(28)26(23)18-6-4-5-7-19(18)29-3/h4-12H,13H2,1-3H3,(H,24,27). The van der Waals surface area contributed by atoms with Gasteiger partial charge in [-0.1, -0.05) is 41.6 Å². The lowest BCUT2D eigenvalue weighted by atomic mass is 10.1. The van der Waals surface area contributed by atoms with Crippen LogP contribution >= 0.6 is 23.1 Å². The first-order valence-electron chi connectivity index (χ1n) is 9.61. The number of thioether (sulfide) groups is 1. The summed E-state index contributed by atoms with van der Waals surface area (Å²) >= 11 is 2.57. The average molecular weight is 452 g/mol. The van der Waals surface area contributed by atoms with Gasteiger partial charge in [0.2, 0.25) is 5.91 Å². The third-order valence-electron chi connectivity index (χ3n) is 4.76. The third-order valence-corrected chi connectivity index (χ3v) is 6.59. The topological polar surface area (TPSA) is 73.2 Å². The third kappa shape index (κ3) is 4.35. The normalized spacial score (nSPS) is 10.9. The predicted molar refractivity (Wildman–Crippen MR) is 127 cm³/mol. The van der Waals surface area contributed by atoms with Gasteiger partial charge in [-0.05, 0) is 49.1 Å². The molecule has 1 amide bonds. The molecule has 2 aromatic carbocycles. The minimum absolute atomic E-state index is 0.116. The van der Waals surface area contributed by atoms with Crippen molar-refractivity contribution in [2.45, 2.75) is 19.0 Å². The van der Waals surface area contributed by atoms with E-state index < -0.39 is 0 Å². The number of carbonyl (C=O) groups is 1. The summed E-state index contributed by atoms with van der Waals surface area (Å²) in [6.07, 6.45) is 0. The first-order chi connectivity index (χ1) is 15.0.